The van der Waals surface area contributed by atoms with E-state index in [1.165, 1.54) is 5.56 Å². The van der Waals surface area contributed by atoms with Crippen molar-refractivity contribution in [1.82, 2.24) is 9.78 Å². The fourth-order valence-electron chi connectivity index (χ4n) is 2.31. The Hall–Kier alpha value is -1.77. The lowest BCUT2D eigenvalue weighted by molar-refractivity contribution is 0.585. The maximum absolute atomic E-state index is 12.2. The molecule has 0 saturated carbocycles. The van der Waals surface area contributed by atoms with Crippen molar-refractivity contribution in [2.75, 3.05) is 0 Å². The molecule has 96 valence electrons. The number of hydrogen-bond acceptors (Lipinski definition) is 1. The molecule has 2 aromatic rings. The Kier molecular flexibility index (Phi) is 3.70. The SMILES string of the molecule is CCCn1[nH]c(-c2ccccc2C)c(CC)c1=O. The second-order valence-corrected chi connectivity index (χ2v) is 4.59. The Balaban J connectivity index is 2.61. The number of hydrogen-bond donors (Lipinski definition) is 1. The molecule has 3 heteroatoms. The molecule has 18 heavy (non-hydrogen) atoms. The van der Waals surface area contributed by atoms with Gasteiger partial charge in [-0.1, -0.05) is 38.1 Å². The van der Waals surface area contributed by atoms with Crippen molar-refractivity contribution < 1.29 is 0 Å². The molecule has 2 rings (SSSR count). The highest BCUT2D eigenvalue weighted by molar-refractivity contribution is 5.66. The van der Waals surface area contributed by atoms with E-state index in [-0.39, 0.29) is 5.56 Å². The van der Waals surface area contributed by atoms with Gasteiger partial charge in [0.2, 0.25) is 0 Å². The highest BCUT2D eigenvalue weighted by Gasteiger charge is 2.14. The summed E-state index contributed by atoms with van der Waals surface area (Å²) in [5.41, 5.74) is 4.31. The normalized spacial score (nSPS) is 10.8. The van der Waals surface area contributed by atoms with Gasteiger partial charge in [-0.2, -0.15) is 0 Å². The van der Waals surface area contributed by atoms with Gasteiger partial charge in [0.05, 0.1) is 5.69 Å². The quantitative estimate of drug-likeness (QED) is 0.881. The molecule has 1 heterocycles. The van der Waals surface area contributed by atoms with Crippen LogP contribution in [0.4, 0.5) is 0 Å². The van der Waals surface area contributed by atoms with Crippen LogP contribution in [0.3, 0.4) is 0 Å². The van der Waals surface area contributed by atoms with Crippen LogP contribution in [0.25, 0.3) is 11.3 Å². The summed E-state index contributed by atoms with van der Waals surface area (Å²) < 4.78 is 1.72. The van der Waals surface area contributed by atoms with Crippen LogP contribution in [0, 0.1) is 6.92 Å². The number of aromatic nitrogens is 2. The number of H-pyrrole nitrogens is 1. The summed E-state index contributed by atoms with van der Waals surface area (Å²) in [5, 5.41) is 3.26. The molecule has 0 aliphatic carbocycles. The van der Waals surface area contributed by atoms with Crippen LogP contribution in [0.5, 0.6) is 0 Å². The number of rotatable bonds is 4. The van der Waals surface area contributed by atoms with Crippen molar-refractivity contribution in [1.29, 1.82) is 0 Å². The van der Waals surface area contributed by atoms with Gasteiger partial charge in [-0.15, -0.1) is 0 Å². The molecule has 1 aromatic carbocycles. The maximum atomic E-state index is 12.2. The molecule has 1 aromatic heterocycles. The van der Waals surface area contributed by atoms with Crippen LogP contribution in [0.1, 0.15) is 31.4 Å². The average molecular weight is 244 g/mol. The van der Waals surface area contributed by atoms with Crippen LogP contribution in [0.2, 0.25) is 0 Å². The zero-order valence-electron chi connectivity index (χ0n) is 11.3. The summed E-state index contributed by atoms with van der Waals surface area (Å²) in [4.78, 5) is 12.2. The highest BCUT2D eigenvalue weighted by Crippen LogP contribution is 2.23. The summed E-state index contributed by atoms with van der Waals surface area (Å²) in [5.74, 6) is 0. The Morgan fingerprint density at radius 2 is 1.94 bits per heavy atom. The van der Waals surface area contributed by atoms with E-state index in [0.717, 1.165) is 36.2 Å². The number of aromatic amines is 1. The molecule has 0 aliphatic rings. The summed E-state index contributed by atoms with van der Waals surface area (Å²) in [6.45, 7) is 6.93. The van der Waals surface area contributed by atoms with Crippen molar-refractivity contribution >= 4 is 0 Å². The standard InChI is InChI=1S/C15H20N2O/c1-4-10-17-15(18)12(5-2)14(16-17)13-9-7-6-8-11(13)3/h6-9,16H,4-5,10H2,1-3H3. The molecule has 0 amide bonds. The van der Waals surface area contributed by atoms with E-state index < -0.39 is 0 Å². The Morgan fingerprint density at radius 1 is 1.22 bits per heavy atom. The zero-order valence-corrected chi connectivity index (χ0v) is 11.3. The molecule has 0 unspecified atom stereocenters. The topological polar surface area (TPSA) is 37.8 Å². The Labute approximate surface area is 107 Å². The van der Waals surface area contributed by atoms with Crippen molar-refractivity contribution in [2.24, 2.45) is 0 Å². The molecule has 0 fully saturated rings. The summed E-state index contributed by atoms with van der Waals surface area (Å²) in [7, 11) is 0. The third-order valence-corrected chi connectivity index (χ3v) is 3.27. The fourth-order valence-corrected chi connectivity index (χ4v) is 2.31. The molecule has 0 spiro atoms. The van der Waals surface area contributed by atoms with Gasteiger partial charge in [-0.05, 0) is 25.3 Å². The number of benzene rings is 1. The van der Waals surface area contributed by atoms with Gasteiger partial charge in [-0.25, -0.2) is 0 Å². The Morgan fingerprint density at radius 3 is 2.56 bits per heavy atom. The minimum atomic E-state index is 0.123. The second kappa shape index (κ2) is 5.25. The third-order valence-electron chi connectivity index (χ3n) is 3.27. The van der Waals surface area contributed by atoms with E-state index in [9.17, 15) is 4.79 Å². The van der Waals surface area contributed by atoms with Crippen LogP contribution < -0.4 is 5.56 Å². The summed E-state index contributed by atoms with van der Waals surface area (Å²) in [6, 6.07) is 8.17. The monoisotopic (exact) mass is 244 g/mol. The molecule has 0 radical (unpaired) electrons. The minimum absolute atomic E-state index is 0.123. The van der Waals surface area contributed by atoms with E-state index in [1.807, 2.05) is 19.1 Å². The highest BCUT2D eigenvalue weighted by atomic mass is 16.1. The minimum Gasteiger partial charge on any atom is -0.295 e. The molecular weight excluding hydrogens is 224 g/mol. The van der Waals surface area contributed by atoms with Gasteiger partial charge in [0.25, 0.3) is 5.56 Å². The summed E-state index contributed by atoms with van der Waals surface area (Å²) >= 11 is 0. The van der Waals surface area contributed by atoms with Gasteiger partial charge in [0.15, 0.2) is 0 Å². The molecule has 0 saturated heterocycles. The van der Waals surface area contributed by atoms with E-state index in [2.05, 4.69) is 31.1 Å². The summed E-state index contributed by atoms with van der Waals surface area (Å²) in [6.07, 6.45) is 1.71. The van der Waals surface area contributed by atoms with E-state index in [4.69, 9.17) is 0 Å². The van der Waals surface area contributed by atoms with Gasteiger partial charge in [0.1, 0.15) is 0 Å². The smallest absolute Gasteiger partial charge is 0.270 e. The Bertz CT molecular complexity index is 593. The van der Waals surface area contributed by atoms with Crippen LogP contribution in [-0.4, -0.2) is 9.78 Å². The van der Waals surface area contributed by atoms with Crippen molar-refractivity contribution in [2.45, 2.75) is 40.2 Å². The first-order chi connectivity index (χ1) is 8.69. The third kappa shape index (κ3) is 2.13. The molecule has 0 atom stereocenters. The van der Waals surface area contributed by atoms with E-state index in [1.54, 1.807) is 4.68 Å². The lowest BCUT2D eigenvalue weighted by Crippen LogP contribution is -2.18. The van der Waals surface area contributed by atoms with Crippen LogP contribution in [-0.2, 0) is 13.0 Å². The van der Waals surface area contributed by atoms with E-state index in [0.29, 0.717) is 0 Å². The van der Waals surface area contributed by atoms with Gasteiger partial charge in [0, 0.05) is 17.7 Å². The second-order valence-electron chi connectivity index (χ2n) is 4.59. The lowest BCUT2D eigenvalue weighted by Gasteiger charge is -2.04. The molecule has 3 nitrogen and oxygen atoms in total. The largest absolute Gasteiger partial charge is 0.295 e. The first kappa shape index (κ1) is 12.7. The van der Waals surface area contributed by atoms with Crippen molar-refractivity contribution in [3.8, 4) is 11.3 Å². The molecule has 0 bridgehead atoms. The lowest BCUT2D eigenvalue weighted by atomic mass is 10.0. The zero-order chi connectivity index (χ0) is 13.1. The average Bonchev–Trinajstić information content (AvgIpc) is 2.67. The van der Waals surface area contributed by atoms with Gasteiger partial charge in [-0.3, -0.25) is 14.6 Å². The fraction of sp³-hybridized carbons (Fsp3) is 0.400. The van der Waals surface area contributed by atoms with E-state index >= 15 is 0 Å². The van der Waals surface area contributed by atoms with Crippen molar-refractivity contribution in [3.63, 3.8) is 0 Å². The predicted octanol–water partition coefficient (Wildman–Crippen LogP) is 3.12. The van der Waals surface area contributed by atoms with Gasteiger partial charge < -0.3 is 0 Å². The number of nitrogens with one attached hydrogen (secondary N) is 1. The molecule has 0 aliphatic heterocycles. The maximum Gasteiger partial charge on any atom is 0.270 e. The molecule has 1 N–H and O–H groups in total. The van der Waals surface area contributed by atoms with Crippen LogP contribution >= 0.6 is 0 Å². The molecular formula is C15H20N2O. The predicted molar refractivity (Wildman–Crippen MR) is 74.9 cm³/mol. The van der Waals surface area contributed by atoms with Crippen molar-refractivity contribution in [3.05, 3.63) is 45.7 Å². The number of nitrogens with zero attached hydrogens (tertiary/aromatic N) is 1. The first-order valence-electron chi connectivity index (χ1n) is 6.56. The van der Waals surface area contributed by atoms with Gasteiger partial charge >= 0.3 is 0 Å². The van der Waals surface area contributed by atoms with Crippen LogP contribution in [0.15, 0.2) is 29.1 Å². The number of aryl methyl sites for hydroxylation is 2. The first-order valence-corrected chi connectivity index (χ1v) is 6.56.